The molecule has 0 unspecified atom stereocenters. The summed E-state index contributed by atoms with van der Waals surface area (Å²) in [4.78, 5) is 21.0. The Bertz CT molecular complexity index is 393. The van der Waals surface area contributed by atoms with Crippen LogP contribution in [0.25, 0.3) is 6.08 Å². The van der Waals surface area contributed by atoms with Crippen LogP contribution < -0.4 is 0 Å². The third-order valence-corrected chi connectivity index (χ3v) is 1.87. The summed E-state index contributed by atoms with van der Waals surface area (Å²) in [5.74, 6) is -0.123. The second kappa shape index (κ2) is 5.69. The highest BCUT2D eigenvalue weighted by molar-refractivity contribution is 5.93. The molecule has 1 heterocycles. The maximum Gasteiger partial charge on any atom is 0.334 e. The van der Waals surface area contributed by atoms with Gasteiger partial charge in [-0.3, -0.25) is 10.1 Å². The number of methoxy groups -OCH3 is 1. The molecule has 0 aliphatic carbocycles. The van der Waals surface area contributed by atoms with Crippen molar-refractivity contribution >= 4 is 12.0 Å². The zero-order valence-electron chi connectivity index (χ0n) is 8.71. The van der Waals surface area contributed by atoms with E-state index in [9.17, 15) is 14.9 Å². The van der Waals surface area contributed by atoms with E-state index >= 15 is 0 Å². The first kappa shape index (κ1) is 12.0. The first-order valence-corrected chi connectivity index (χ1v) is 4.57. The molecule has 0 radical (unpaired) electrons. The highest BCUT2D eigenvalue weighted by atomic mass is 16.6. The number of nitrogens with zero attached hydrogens (tertiary/aromatic N) is 1. The summed E-state index contributed by atoms with van der Waals surface area (Å²) in [5.41, 5.74) is 0.217. The molecule has 0 amide bonds. The van der Waals surface area contributed by atoms with Gasteiger partial charge in [0.2, 0.25) is 6.54 Å². The molecule has 0 spiro atoms. The minimum atomic E-state index is -0.585. The van der Waals surface area contributed by atoms with Crippen molar-refractivity contribution in [3.63, 3.8) is 0 Å². The molecule has 0 bridgehead atoms. The van der Waals surface area contributed by atoms with Gasteiger partial charge in [0.25, 0.3) is 0 Å². The van der Waals surface area contributed by atoms with Crippen molar-refractivity contribution in [2.45, 2.75) is 6.42 Å². The molecule has 0 atom stereocenters. The smallest absolute Gasteiger partial charge is 0.334 e. The monoisotopic (exact) mass is 225 g/mol. The Hall–Kier alpha value is -2.11. The Morgan fingerprint density at radius 3 is 2.94 bits per heavy atom. The van der Waals surface area contributed by atoms with E-state index < -0.39 is 10.9 Å². The molecule has 6 heteroatoms. The molecule has 0 fully saturated rings. The van der Waals surface area contributed by atoms with Gasteiger partial charge in [-0.15, -0.1) is 0 Å². The Balaban J connectivity index is 2.78. The number of ether oxygens (including phenoxy) is 1. The zero-order valence-corrected chi connectivity index (χ0v) is 8.71. The fourth-order valence-corrected chi connectivity index (χ4v) is 1.12. The van der Waals surface area contributed by atoms with E-state index in [1.165, 1.54) is 19.4 Å². The minimum absolute atomic E-state index is 0.0143. The van der Waals surface area contributed by atoms with Gasteiger partial charge in [-0.05, 0) is 18.2 Å². The number of hydrogen-bond acceptors (Lipinski definition) is 5. The van der Waals surface area contributed by atoms with Crippen molar-refractivity contribution < 1.29 is 18.9 Å². The molecule has 1 aromatic heterocycles. The summed E-state index contributed by atoms with van der Waals surface area (Å²) in [7, 11) is 1.23. The molecule has 0 N–H and O–H groups in total. The van der Waals surface area contributed by atoms with Crippen LogP contribution in [0.4, 0.5) is 0 Å². The fourth-order valence-electron chi connectivity index (χ4n) is 1.12. The third-order valence-electron chi connectivity index (χ3n) is 1.87. The lowest BCUT2D eigenvalue weighted by Crippen LogP contribution is -2.10. The fraction of sp³-hybridized carbons (Fsp3) is 0.300. The van der Waals surface area contributed by atoms with E-state index in [1.54, 1.807) is 12.1 Å². The lowest BCUT2D eigenvalue weighted by atomic mass is 10.1. The topological polar surface area (TPSA) is 82.6 Å². The summed E-state index contributed by atoms with van der Waals surface area (Å²) < 4.78 is 9.53. The standard InChI is InChI=1S/C10H11NO5/c1-15-10(12)8(4-5-11(13)14)7-9-3-2-6-16-9/h2-3,6-7H,4-5H2,1H3. The summed E-state index contributed by atoms with van der Waals surface area (Å²) >= 11 is 0. The molecule has 16 heavy (non-hydrogen) atoms. The van der Waals surface area contributed by atoms with Crippen molar-refractivity contribution in [1.29, 1.82) is 0 Å². The number of rotatable bonds is 5. The second-order valence-electron chi connectivity index (χ2n) is 2.98. The van der Waals surface area contributed by atoms with Gasteiger partial charge < -0.3 is 9.15 Å². The predicted molar refractivity (Wildman–Crippen MR) is 55.2 cm³/mol. The average molecular weight is 225 g/mol. The second-order valence-corrected chi connectivity index (χ2v) is 2.98. The molecular formula is C10H11NO5. The number of nitro groups is 1. The van der Waals surface area contributed by atoms with Gasteiger partial charge >= 0.3 is 5.97 Å². The van der Waals surface area contributed by atoms with Crippen LogP contribution in [0, 0.1) is 10.1 Å². The number of esters is 1. The predicted octanol–water partition coefficient (Wildman–Crippen LogP) is 1.50. The van der Waals surface area contributed by atoms with Crippen LogP contribution >= 0.6 is 0 Å². The van der Waals surface area contributed by atoms with Crippen LogP contribution in [-0.4, -0.2) is 24.5 Å². The highest BCUT2D eigenvalue weighted by Gasteiger charge is 2.13. The number of hydrogen-bond donors (Lipinski definition) is 0. The van der Waals surface area contributed by atoms with E-state index in [1.807, 2.05) is 0 Å². The normalized spacial score (nSPS) is 11.2. The van der Waals surface area contributed by atoms with Gasteiger partial charge in [-0.1, -0.05) is 0 Å². The number of carbonyl (C=O) groups excluding carboxylic acids is 1. The highest BCUT2D eigenvalue weighted by Crippen LogP contribution is 2.12. The first-order valence-electron chi connectivity index (χ1n) is 4.57. The van der Waals surface area contributed by atoms with Crippen molar-refractivity contribution in [3.8, 4) is 0 Å². The van der Waals surface area contributed by atoms with E-state index in [0.717, 1.165) is 0 Å². The van der Waals surface area contributed by atoms with Gasteiger partial charge in [-0.25, -0.2) is 4.79 Å². The van der Waals surface area contributed by atoms with Crippen LogP contribution in [0.5, 0.6) is 0 Å². The van der Waals surface area contributed by atoms with Crippen LogP contribution in [0.1, 0.15) is 12.2 Å². The Morgan fingerprint density at radius 2 is 2.44 bits per heavy atom. The lowest BCUT2D eigenvalue weighted by molar-refractivity contribution is -0.479. The van der Waals surface area contributed by atoms with Gasteiger partial charge in [0.15, 0.2) is 0 Å². The maximum atomic E-state index is 11.3. The lowest BCUT2D eigenvalue weighted by Gasteiger charge is -2.01. The van der Waals surface area contributed by atoms with E-state index in [4.69, 9.17) is 4.42 Å². The first-order chi connectivity index (χ1) is 7.63. The molecule has 0 aliphatic heterocycles. The molecule has 6 nitrogen and oxygen atoms in total. The van der Waals surface area contributed by atoms with Crippen LogP contribution in [0.2, 0.25) is 0 Å². The van der Waals surface area contributed by atoms with Gasteiger partial charge in [0.05, 0.1) is 13.4 Å². The molecule has 0 saturated carbocycles. The molecule has 1 aromatic rings. The van der Waals surface area contributed by atoms with Crippen molar-refractivity contribution in [2.24, 2.45) is 0 Å². The van der Waals surface area contributed by atoms with Crippen LogP contribution in [0.15, 0.2) is 28.4 Å². The van der Waals surface area contributed by atoms with Gasteiger partial charge in [0, 0.05) is 16.9 Å². The van der Waals surface area contributed by atoms with Gasteiger partial charge in [-0.2, -0.15) is 0 Å². The van der Waals surface area contributed by atoms with Crippen molar-refractivity contribution in [3.05, 3.63) is 39.8 Å². The summed E-state index contributed by atoms with van der Waals surface area (Å²) in [5, 5.41) is 10.2. The Kier molecular flexibility index (Phi) is 4.26. The summed E-state index contributed by atoms with van der Waals surface area (Å²) in [6.07, 6.45) is 2.91. The van der Waals surface area contributed by atoms with E-state index in [2.05, 4.69) is 4.74 Å². The average Bonchev–Trinajstić information content (AvgIpc) is 2.75. The molecule has 86 valence electrons. The van der Waals surface area contributed by atoms with Crippen LogP contribution in [-0.2, 0) is 9.53 Å². The molecule has 1 rings (SSSR count). The molecular weight excluding hydrogens is 214 g/mol. The van der Waals surface area contributed by atoms with E-state index in [0.29, 0.717) is 5.76 Å². The zero-order chi connectivity index (χ0) is 12.0. The number of carbonyl (C=O) groups is 1. The SMILES string of the molecule is COC(=O)C(=Cc1ccco1)CC[N+](=O)[O-]. The van der Waals surface area contributed by atoms with E-state index in [-0.39, 0.29) is 18.5 Å². The molecule has 0 aliphatic rings. The molecule has 0 aromatic carbocycles. The van der Waals surface area contributed by atoms with Gasteiger partial charge in [0.1, 0.15) is 5.76 Å². The van der Waals surface area contributed by atoms with Crippen molar-refractivity contribution in [2.75, 3.05) is 13.7 Å². The Labute approximate surface area is 91.7 Å². The minimum Gasteiger partial charge on any atom is -0.466 e. The maximum absolute atomic E-state index is 11.3. The summed E-state index contributed by atoms with van der Waals surface area (Å²) in [6, 6.07) is 3.31. The molecule has 0 saturated heterocycles. The third kappa shape index (κ3) is 3.56. The number of furan rings is 1. The Morgan fingerprint density at radius 1 is 1.69 bits per heavy atom. The van der Waals surface area contributed by atoms with Crippen molar-refractivity contribution in [1.82, 2.24) is 0 Å². The largest absolute Gasteiger partial charge is 0.466 e. The summed E-state index contributed by atoms with van der Waals surface area (Å²) in [6.45, 7) is -0.318. The quantitative estimate of drug-likeness (QED) is 0.328. The van der Waals surface area contributed by atoms with Crippen LogP contribution in [0.3, 0.4) is 0 Å².